The first kappa shape index (κ1) is 23.2. The van der Waals surface area contributed by atoms with Crippen molar-refractivity contribution in [3.8, 4) is 0 Å². The molecule has 0 bridgehead atoms. The molecule has 2 saturated heterocycles. The highest BCUT2D eigenvalue weighted by Gasteiger charge is 2.34. The van der Waals surface area contributed by atoms with Crippen LogP contribution in [0.4, 0.5) is 0 Å². The molecule has 1 N–H and O–H groups in total. The molecule has 3 aliphatic rings. The first-order chi connectivity index (χ1) is 16.5. The molecule has 4 heterocycles. The molecule has 1 atom stereocenters. The van der Waals surface area contributed by atoms with Gasteiger partial charge in [0.15, 0.2) is 5.65 Å². The summed E-state index contributed by atoms with van der Waals surface area (Å²) in [5.41, 5.74) is 2.00. The minimum Gasteiger partial charge on any atom is -0.349 e. The lowest BCUT2D eigenvalue weighted by Gasteiger charge is -2.36. The highest BCUT2D eigenvalue weighted by molar-refractivity contribution is 5.99. The van der Waals surface area contributed by atoms with E-state index in [4.69, 9.17) is 0 Å². The van der Waals surface area contributed by atoms with E-state index < -0.39 is 0 Å². The fourth-order valence-corrected chi connectivity index (χ4v) is 5.90. The molecule has 9 heteroatoms. The maximum atomic E-state index is 13.4. The number of likely N-dealkylation sites (tertiary alicyclic amines) is 2. The number of piperidine rings is 1. The van der Waals surface area contributed by atoms with E-state index in [9.17, 15) is 9.59 Å². The highest BCUT2D eigenvalue weighted by Crippen LogP contribution is 2.32. The van der Waals surface area contributed by atoms with Gasteiger partial charge in [-0.25, -0.2) is 9.50 Å². The predicted octanol–water partition coefficient (Wildman–Crippen LogP) is 2.09. The maximum Gasteiger partial charge on any atom is 0.256 e. The summed E-state index contributed by atoms with van der Waals surface area (Å²) in [5, 5.41) is 7.67. The van der Waals surface area contributed by atoms with Crippen LogP contribution in [0.5, 0.6) is 0 Å². The molecule has 0 spiro atoms. The number of aromatic nitrogens is 3. The van der Waals surface area contributed by atoms with E-state index in [1.165, 1.54) is 12.8 Å². The lowest BCUT2D eigenvalue weighted by atomic mass is 10.0. The Morgan fingerprint density at radius 1 is 1.09 bits per heavy atom. The lowest BCUT2D eigenvalue weighted by Crippen LogP contribution is -2.46. The Bertz CT molecular complexity index is 1020. The zero-order chi connectivity index (χ0) is 23.7. The van der Waals surface area contributed by atoms with Crippen molar-refractivity contribution in [2.45, 2.75) is 69.5 Å². The van der Waals surface area contributed by atoms with Gasteiger partial charge in [0, 0.05) is 24.8 Å². The van der Waals surface area contributed by atoms with Crippen LogP contribution in [0.25, 0.3) is 5.65 Å². The van der Waals surface area contributed by atoms with Crippen molar-refractivity contribution >= 4 is 17.5 Å². The van der Waals surface area contributed by atoms with E-state index in [-0.39, 0.29) is 23.9 Å². The Kier molecular flexibility index (Phi) is 6.83. The number of fused-ring (bicyclic) bond motifs is 1. The first-order valence-electron chi connectivity index (χ1n) is 12.8. The summed E-state index contributed by atoms with van der Waals surface area (Å²) in [6, 6.07) is 2.60. The molecule has 0 aromatic carbocycles. The van der Waals surface area contributed by atoms with Gasteiger partial charge in [-0.15, -0.1) is 0 Å². The minimum atomic E-state index is -0.106. The van der Waals surface area contributed by atoms with E-state index >= 15 is 0 Å². The van der Waals surface area contributed by atoms with Crippen LogP contribution >= 0.6 is 0 Å². The molecule has 1 aliphatic carbocycles. The van der Waals surface area contributed by atoms with E-state index in [2.05, 4.69) is 39.3 Å². The molecular weight excluding hydrogens is 430 g/mol. The number of hydrogen-bond donors (Lipinski definition) is 1. The maximum absolute atomic E-state index is 13.4. The predicted molar refractivity (Wildman–Crippen MR) is 130 cm³/mol. The summed E-state index contributed by atoms with van der Waals surface area (Å²) >= 11 is 0. The Morgan fingerprint density at radius 2 is 1.85 bits per heavy atom. The van der Waals surface area contributed by atoms with Crippen molar-refractivity contribution in [1.29, 1.82) is 0 Å². The van der Waals surface area contributed by atoms with E-state index in [1.807, 2.05) is 11.0 Å². The van der Waals surface area contributed by atoms with E-state index in [0.29, 0.717) is 23.8 Å². The molecule has 2 aromatic rings. The molecule has 1 saturated carbocycles. The van der Waals surface area contributed by atoms with Gasteiger partial charge in [0.25, 0.3) is 5.91 Å². The normalized spacial score (nSPS) is 22.8. The number of rotatable bonds is 6. The van der Waals surface area contributed by atoms with Crippen molar-refractivity contribution in [3.63, 3.8) is 0 Å². The molecule has 0 radical (unpaired) electrons. The van der Waals surface area contributed by atoms with Gasteiger partial charge in [0.1, 0.15) is 5.56 Å². The largest absolute Gasteiger partial charge is 0.349 e. The monoisotopic (exact) mass is 467 g/mol. The van der Waals surface area contributed by atoms with Crippen molar-refractivity contribution in [3.05, 3.63) is 29.7 Å². The van der Waals surface area contributed by atoms with Crippen LogP contribution in [0.2, 0.25) is 0 Å². The van der Waals surface area contributed by atoms with Gasteiger partial charge in [-0.1, -0.05) is 12.8 Å². The average molecular weight is 468 g/mol. The second-order valence-electron chi connectivity index (χ2n) is 10.3. The molecule has 34 heavy (non-hydrogen) atoms. The van der Waals surface area contributed by atoms with Crippen LogP contribution in [0, 0.1) is 0 Å². The third kappa shape index (κ3) is 4.68. The smallest absolute Gasteiger partial charge is 0.256 e. The van der Waals surface area contributed by atoms with Crippen molar-refractivity contribution in [1.82, 2.24) is 34.6 Å². The molecule has 2 amide bonds. The Hall–Kier alpha value is -2.52. The highest BCUT2D eigenvalue weighted by atomic mass is 16.2. The van der Waals surface area contributed by atoms with Crippen LogP contribution in [-0.4, -0.2) is 93.5 Å². The number of amides is 2. The number of carbonyl (C=O) groups is 2. The fraction of sp³-hybridized carbons (Fsp3) is 0.680. The molecule has 9 nitrogen and oxygen atoms in total. The molecule has 0 unspecified atom stereocenters. The molecular formula is C25H37N7O2. The quantitative estimate of drug-likeness (QED) is 0.700. The number of nitrogens with zero attached hydrogens (tertiary/aromatic N) is 6. The average Bonchev–Trinajstić information content (AvgIpc) is 3.59. The van der Waals surface area contributed by atoms with Gasteiger partial charge in [-0.2, -0.15) is 5.10 Å². The van der Waals surface area contributed by atoms with Crippen LogP contribution < -0.4 is 5.32 Å². The first-order valence-corrected chi connectivity index (χ1v) is 12.8. The van der Waals surface area contributed by atoms with Gasteiger partial charge < -0.3 is 15.1 Å². The van der Waals surface area contributed by atoms with Gasteiger partial charge in [-0.3, -0.25) is 14.5 Å². The summed E-state index contributed by atoms with van der Waals surface area (Å²) in [6.07, 6.45) is 11.8. The second kappa shape index (κ2) is 10.00. The topological polar surface area (TPSA) is 86.1 Å². The zero-order valence-electron chi connectivity index (χ0n) is 20.4. The molecule has 2 aliphatic heterocycles. The number of carbonyl (C=O) groups excluding carboxylic acids is 2. The van der Waals surface area contributed by atoms with E-state index in [1.54, 1.807) is 16.9 Å². The van der Waals surface area contributed by atoms with Gasteiger partial charge in [0.2, 0.25) is 5.91 Å². The van der Waals surface area contributed by atoms with Crippen molar-refractivity contribution < 1.29 is 9.59 Å². The third-order valence-electron chi connectivity index (χ3n) is 7.98. The Balaban J connectivity index is 1.31. The van der Waals surface area contributed by atoms with Crippen molar-refractivity contribution in [2.75, 3.05) is 40.3 Å². The lowest BCUT2D eigenvalue weighted by molar-refractivity contribution is -0.133. The van der Waals surface area contributed by atoms with Gasteiger partial charge in [-0.05, 0) is 71.8 Å². The van der Waals surface area contributed by atoms with Crippen LogP contribution in [0.15, 0.2) is 18.5 Å². The van der Waals surface area contributed by atoms with Crippen LogP contribution in [0.1, 0.15) is 73.5 Å². The summed E-state index contributed by atoms with van der Waals surface area (Å²) in [7, 11) is 4.23. The molecule has 3 fully saturated rings. The number of hydrogen-bond acceptors (Lipinski definition) is 6. The molecule has 5 rings (SSSR count). The standard InChI is InChI=1S/C25H37N7O2/c1-29-14-10-19(11-15-29)30(2)17-23(33)31-13-5-8-21(31)22-9-12-26-24-20(16-27-32(22)24)25(34)28-18-6-3-4-7-18/h9,12,16,18-19,21H,3-8,10-11,13-15,17H2,1-2H3,(H,28,34)/t21-/m1/s1. The molecule has 2 aromatic heterocycles. The summed E-state index contributed by atoms with van der Waals surface area (Å²) in [6.45, 7) is 3.36. The van der Waals surface area contributed by atoms with E-state index in [0.717, 1.165) is 63.9 Å². The fourth-order valence-electron chi connectivity index (χ4n) is 5.90. The summed E-state index contributed by atoms with van der Waals surface area (Å²) in [4.78, 5) is 37.3. The third-order valence-corrected chi connectivity index (χ3v) is 7.98. The number of nitrogens with one attached hydrogen (secondary N) is 1. The summed E-state index contributed by atoms with van der Waals surface area (Å²) in [5.74, 6) is 0.0610. The Morgan fingerprint density at radius 3 is 2.62 bits per heavy atom. The van der Waals surface area contributed by atoms with Gasteiger partial charge >= 0.3 is 0 Å². The van der Waals surface area contributed by atoms with Gasteiger partial charge in [0.05, 0.1) is 24.5 Å². The molecule has 184 valence electrons. The second-order valence-corrected chi connectivity index (χ2v) is 10.3. The SMILES string of the molecule is CN1CCC(N(C)CC(=O)N2CCC[C@@H]2c2ccnc3c(C(=O)NC4CCCC4)cnn23)CC1. The minimum absolute atomic E-state index is 0.0467. The Labute approximate surface area is 201 Å². The van der Waals surface area contributed by atoms with Crippen LogP contribution in [-0.2, 0) is 4.79 Å². The zero-order valence-corrected chi connectivity index (χ0v) is 20.4. The van der Waals surface area contributed by atoms with Crippen LogP contribution in [0.3, 0.4) is 0 Å². The summed E-state index contributed by atoms with van der Waals surface area (Å²) < 4.78 is 1.76. The van der Waals surface area contributed by atoms with Crippen molar-refractivity contribution in [2.24, 2.45) is 0 Å². The number of likely N-dealkylation sites (N-methyl/N-ethyl adjacent to an activating group) is 1.